The number of nitrogens with one attached hydrogen (secondary N) is 1. The minimum absolute atomic E-state index is 0.0263. The number of nitrogens with zero attached hydrogens (tertiary/aromatic N) is 1. The summed E-state index contributed by atoms with van der Waals surface area (Å²) < 4.78 is 5.34. The predicted octanol–water partition coefficient (Wildman–Crippen LogP) is 1.88. The number of aryl methyl sites for hydroxylation is 2. The fourth-order valence-corrected chi connectivity index (χ4v) is 1.68. The summed E-state index contributed by atoms with van der Waals surface area (Å²) >= 11 is 0. The van der Waals surface area contributed by atoms with Gasteiger partial charge in [-0.25, -0.2) is 0 Å². The maximum absolute atomic E-state index is 12.0. The van der Waals surface area contributed by atoms with Crippen LogP contribution in [0.4, 0.5) is 5.69 Å². The number of ether oxygens (including phenoxy) is 1. The molecule has 0 saturated carbocycles. The minimum Gasteiger partial charge on any atom is -0.495 e. The first-order valence-corrected chi connectivity index (χ1v) is 6.13. The van der Waals surface area contributed by atoms with Gasteiger partial charge in [-0.15, -0.1) is 0 Å². The van der Waals surface area contributed by atoms with E-state index in [4.69, 9.17) is 4.74 Å². The molecule has 0 bridgehead atoms. The van der Waals surface area contributed by atoms with Gasteiger partial charge in [0.15, 0.2) is 0 Å². The van der Waals surface area contributed by atoms with Crippen molar-refractivity contribution in [2.75, 3.05) is 32.1 Å². The quantitative estimate of drug-likeness (QED) is 0.867. The molecule has 0 unspecified atom stereocenters. The molecule has 18 heavy (non-hydrogen) atoms. The molecule has 0 aliphatic rings. The van der Waals surface area contributed by atoms with Crippen LogP contribution in [0.15, 0.2) is 12.1 Å². The number of hydrogen-bond acceptors (Lipinski definition) is 3. The average molecular weight is 250 g/mol. The van der Waals surface area contributed by atoms with Crippen molar-refractivity contribution in [3.05, 3.63) is 23.3 Å². The zero-order valence-electron chi connectivity index (χ0n) is 11.8. The third kappa shape index (κ3) is 3.23. The van der Waals surface area contributed by atoms with Crippen LogP contribution in [0, 0.1) is 13.8 Å². The van der Waals surface area contributed by atoms with Crippen LogP contribution in [0.5, 0.6) is 5.75 Å². The molecule has 1 aromatic carbocycles. The summed E-state index contributed by atoms with van der Waals surface area (Å²) in [5, 5.41) is 3.03. The van der Waals surface area contributed by atoms with Crippen molar-refractivity contribution in [3.63, 3.8) is 0 Å². The summed E-state index contributed by atoms with van der Waals surface area (Å²) in [6.07, 6.45) is 0. The van der Waals surface area contributed by atoms with Crippen LogP contribution in [-0.4, -0.2) is 33.2 Å². The van der Waals surface area contributed by atoms with E-state index in [1.54, 1.807) is 19.1 Å². The highest BCUT2D eigenvalue weighted by Gasteiger charge is 2.15. The third-order valence-electron chi connectivity index (χ3n) is 3.06. The van der Waals surface area contributed by atoms with Gasteiger partial charge in [0.2, 0.25) is 5.91 Å². The first kappa shape index (κ1) is 14.5. The van der Waals surface area contributed by atoms with Gasteiger partial charge < -0.3 is 15.0 Å². The highest BCUT2D eigenvalue weighted by Crippen LogP contribution is 2.30. The molecule has 1 N–H and O–H groups in total. The van der Waals surface area contributed by atoms with Gasteiger partial charge in [0.25, 0.3) is 0 Å². The molecule has 0 spiro atoms. The lowest BCUT2D eigenvalue weighted by Gasteiger charge is -2.21. The molecule has 1 aromatic rings. The summed E-state index contributed by atoms with van der Waals surface area (Å²) in [6.45, 7) is 7.15. The third-order valence-corrected chi connectivity index (χ3v) is 3.06. The molecule has 0 heterocycles. The molecule has 0 atom stereocenters. The van der Waals surface area contributed by atoms with E-state index in [1.165, 1.54) is 0 Å². The molecule has 0 saturated heterocycles. The van der Waals surface area contributed by atoms with Crippen LogP contribution in [0.1, 0.15) is 18.1 Å². The summed E-state index contributed by atoms with van der Waals surface area (Å²) in [6, 6.07) is 3.94. The second-order valence-electron chi connectivity index (χ2n) is 4.34. The Morgan fingerprint density at radius 3 is 2.50 bits per heavy atom. The van der Waals surface area contributed by atoms with Gasteiger partial charge in [0.05, 0.1) is 19.3 Å². The van der Waals surface area contributed by atoms with E-state index in [9.17, 15) is 4.79 Å². The summed E-state index contributed by atoms with van der Waals surface area (Å²) in [5.41, 5.74) is 3.11. The molecule has 4 nitrogen and oxygen atoms in total. The van der Waals surface area contributed by atoms with Crippen molar-refractivity contribution in [1.29, 1.82) is 0 Å². The van der Waals surface area contributed by atoms with E-state index in [0.717, 1.165) is 29.1 Å². The van der Waals surface area contributed by atoms with Crippen LogP contribution in [0.25, 0.3) is 0 Å². The van der Waals surface area contributed by atoms with Crippen molar-refractivity contribution in [3.8, 4) is 5.75 Å². The second kappa shape index (κ2) is 6.40. The Morgan fingerprint density at radius 1 is 1.33 bits per heavy atom. The largest absolute Gasteiger partial charge is 0.495 e. The number of hydrogen-bond donors (Lipinski definition) is 1. The zero-order valence-corrected chi connectivity index (χ0v) is 11.8. The Morgan fingerprint density at radius 2 is 1.94 bits per heavy atom. The number of carbonyl (C=O) groups is 1. The zero-order chi connectivity index (χ0) is 13.7. The monoisotopic (exact) mass is 250 g/mol. The standard InChI is InChI=1S/C14H22N2O2/c1-6-15-9-14(17)16(4)12-7-10(2)11(3)8-13(12)18-5/h7-8,15H,6,9H2,1-5H3. The lowest BCUT2D eigenvalue weighted by atomic mass is 10.1. The first-order chi connectivity index (χ1) is 8.51. The topological polar surface area (TPSA) is 41.6 Å². The summed E-state index contributed by atoms with van der Waals surface area (Å²) in [4.78, 5) is 13.6. The average Bonchev–Trinajstić information content (AvgIpc) is 2.37. The van der Waals surface area contributed by atoms with Gasteiger partial charge in [-0.3, -0.25) is 4.79 Å². The van der Waals surface area contributed by atoms with E-state index in [0.29, 0.717) is 6.54 Å². The molecular formula is C14H22N2O2. The van der Waals surface area contributed by atoms with Gasteiger partial charge in [0.1, 0.15) is 5.75 Å². The maximum atomic E-state index is 12.0. The molecule has 0 fully saturated rings. The number of rotatable bonds is 5. The SMILES string of the molecule is CCNCC(=O)N(C)c1cc(C)c(C)cc1OC. The van der Waals surface area contributed by atoms with Crippen molar-refractivity contribution in [2.24, 2.45) is 0 Å². The summed E-state index contributed by atoms with van der Waals surface area (Å²) in [5.74, 6) is 0.754. The van der Waals surface area contributed by atoms with Crippen LogP contribution in [-0.2, 0) is 4.79 Å². The van der Waals surface area contributed by atoms with Crippen LogP contribution < -0.4 is 15.0 Å². The molecule has 100 valence electrons. The first-order valence-electron chi connectivity index (χ1n) is 6.13. The molecule has 0 radical (unpaired) electrons. The van der Waals surface area contributed by atoms with Crippen LogP contribution in [0.2, 0.25) is 0 Å². The van der Waals surface area contributed by atoms with E-state index in [1.807, 2.05) is 32.9 Å². The molecule has 1 rings (SSSR count). The molecule has 4 heteroatoms. The van der Waals surface area contributed by atoms with Gasteiger partial charge in [-0.1, -0.05) is 6.92 Å². The number of amides is 1. The molecular weight excluding hydrogens is 228 g/mol. The van der Waals surface area contributed by atoms with E-state index < -0.39 is 0 Å². The highest BCUT2D eigenvalue weighted by atomic mass is 16.5. The van der Waals surface area contributed by atoms with Crippen LogP contribution >= 0.6 is 0 Å². The second-order valence-corrected chi connectivity index (χ2v) is 4.34. The predicted molar refractivity (Wildman–Crippen MR) is 74.4 cm³/mol. The lowest BCUT2D eigenvalue weighted by molar-refractivity contribution is -0.117. The van der Waals surface area contributed by atoms with Gasteiger partial charge >= 0.3 is 0 Å². The van der Waals surface area contributed by atoms with Crippen molar-refractivity contribution >= 4 is 11.6 Å². The van der Waals surface area contributed by atoms with Gasteiger partial charge in [-0.2, -0.15) is 0 Å². The highest BCUT2D eigenvalue weighted by molar-refractivity contribution is 5.95. The number of benzene rings is 1. The van der Waals surface area contributed by atoms with Crippen molar-refractivity contribution in [1.82, 2.24) is 5.32 Å². The number of likely N-dealkylation sites (N-methyl/N-ethyl adjacent to an activating group) is 2. The number of methoxy groups -OCH3 is 1. The molecule has 0 aromatic heterocycles. The van der Waals surface area contributed by atoms with E-state index >= 15 is 0 Å². The van der Waals surface area contributed by atoms with Crippen LogP contribution in [0.3, 0.4) is 0 Å². The number of carbonyl (C=O) groups excluding carboxylic acids is 1. The Hall–Kier alpha value is -1.55. The fraction of sp³-hybridized carbons (Fsp3) is 0.500. The molecule has 0 aliphatic carbocycles. The fourth-order valence-electron chi connectivity index (χ4n) is 1.68. The Labute approximate surface area is 109 Å². The Kier molecular flexibility index (Phi) is 5.16. The van der Waals surface area contributed by atoms with Crippen molar-refractivity contribution < 1.29 is 9.53 Å². The summed E-state index contributed by atoms with van der Waals surface area (Å²) in [7, 11) is 3.39. The Balaban J connectivity index is 3.00. The lowest BCUT2D eigenvalue weighted by Crippen LogP contribution is -2.35. The van der Waals surface area contributed by atoms with Gasteiger partial charge in [-0.05, 0) is 43.7 Å². The van der Waals surface area contributed by atoms with Gasteiger partial charge in [0, 0.05) is 7.05 Å². The normalized spacial score (nSPS) is 10.3. The van der Waals surface area contributed by atoms with Crippen molar-refractivity contribution in [2.45, 2.75) is 20.8 Å². The van der Waals surface area contributed by atoms with E-state index in [2.05, 4.69) is 5.32 Å². The maximum Gasteiger partial charge on any atom is 0.240 e. The Bertz CT molecular complexity index is 430. The smallest absolute Gasteiger partial charge is 0.240 e. The molecule has 1 amide bonds. The van der Waals surface area contributed by atoms with E-state index in [-0.39, 0.29) is 5.91 Å². The minimum atomic E-state index is 0.0263. The number of anilines is 1. The molecule has 0 aliphatic heterocycles.